The molecule has 0 saturated carbocycles. The molecule has 1 amide bonds. The van der Waals surface area contributed by atoms with E-state index in [2.05, 4.69) is 20.2 Å². The summed E-state index contributed by atoms with van der Waals surface area (Å²) in [5.74, 6) is 1.11. The highest BCUT2D eigenvalue weighted by atomic mass is 35.5. The molecule has 1 aliphatic heterocycles. The highest BCUT2D eigenvalue weighted by Crippen LogP contribution is 2.46. The molecule has 0 aliphatic carbocycles. The van der Waals surface area contributed by atoms with E-state index in [9.17, 15) is 4.79 Å². The molecular formula is C19H16ClN5O. The highest BCUT2D eigenvalue weighted by Gasteiger charge is 2.45. The first kappa shape index (κ1) is 16.6. The van der Waals surface area contributed by atoms with E-state index in [-0.39, 0.29) is 11.1 Å². The molecular weight excluding hydrogens is 350 g/mol. The summed E-state index contributed by atoms with van der Waals surface area (Å²) in [5, 5.41) is 8.24. The van der Waals surface area contributed by atoms with Gasteiger partial charge in [-0.15, -0.1) is 10.2 Å². The quantitative estimate of drug-likeness (QED) is 0.689. The highest BCUT2D eigenvalue weighted by molar-refractivity contribution is 6.29. The molecule has 7 heteroatoms. The van der Waals surface area contributed by atoms with Crippen LogP contribution in [0.5, 0.6) is 0 Å². The Balaban J connectivity index is 1.87. The van der Waals surface area contributed by atoms with Gasteiger partial charge in [0.2, 0.25) is 5.91 Å². The molecule has 6 nitrogen and oxygen atoms in total. The van der Waals surface area contributed by atoms with Crippen LogP contribution in [-0.4, -0.2) is 26.1 Å². The van der Waals surface area contributed by atoms with Crippen LogP contribution < -0.4 is 4.90 Å². The third-order valence-electron chi connectivity index (χ3n) is 4.61. The van der Waals surface area contributed by atoms with E-state index in [4.69, 9.17) is 11.6 Å². The van der Waals surface area contributed by atoms with E-state index in [1.165, 1.54) is 0 Å². The van der Waals surface area contributed by atoms with Crippen molar-refractivity contribution in [2.45, 2.75) is 26.2 Å². The number of benzene rings is 1. The molecule has 4 rings (SSSR count). The first-order valence-electron chi connectivity index (χ1n) is 8.15. The number of anilines is 2. The Morgan fingerprint density at radius 1 is 1.00 bits per heavy atom. The van der Waals surface area contributed by atoms with Gasteiger partial charge in [0, 0.05) is 18.0 Å². The number of aromatic nitrogens is 4. The molecule has 0 N–H and O–H groups in total. The van der Waals surface area contributed by atoms with Gasteiger partial charge in [0.15, 0.2) is 11.0 Å². The molecule has 2 aromatic heterocycles. The van der Waals surface area contributed by atoms with Crippen LogP contribution in [0.1, 0.15) is 25.2 Å². The van der Waals surface area contributed by atoms with Crippen LogP contribution in [-0.2, 0) is 10.2 Å². The number of hydrogen-bond donors (Lipinski definition) is 0. The van der Waals surface area contributed by atoms with Gasteiger partial charge < -0.3 is 0 Å². The summed E-state index contributed by atoms with van der Waals surface area (Å²) in [5.41, 5.74) is 2.89. The number of fused-ring (bicyclic) bond motifs is 1. The molecule has 1 aliphatic rings. The lowest BCUT2D eigenvalue weighted by molar-refractivity contribution is -0.121. The van der Waals surface area contributed by atoms with Crippen LogP contribution in [0.25, 0.3) is 11.1 Å². The molecule has 3 aromatic rings. The Labute approximate surface area is 155 Å². The van der Waals surface area contributed by atoms with Gasteiger partial charge in [0.05, 0.1) is 11.1 Å². The van der Waals surface area contributed by atoms with E-state index in [1.54, 1.807) is 29.4 Å². The summed E-state index contributed by atoms with van der Waals surface area (Å²) in [7, 11) is 0. The van der Waals surface area contributed by atoms with E-state index in [0.29, 0.717) is 11.6 Å². The van der Waals surface area contributed by atoms with Gasteiger partial charge in [0.25, 0.3) is 0 Å². The molecule has 26 heavy (non-hydrogen) atoms. The predicted molar refractivity (Wildman–Crippen MR) is 99.4 cm³/mol. The maximum atomic E-state index is 13.1. The summed E-state index contributed by atoms with van der Waals surface area (Å²) >= 11 is 5.84. The summed E-state index contributed by atoms with van der Waals surface area (Å²) in [4.78, 5) is 23.2. The first-order valence-corrected chi connectivity index (χ1v) is 8.53. The van der Waals surface area contributed by atoms with Crippen LogP contribution in [0.4, 0.5) is 11.5 Å². The van der Waals surface area contributed by atoms with Crippen molar-refractivity contribution in [3.63, 3.8) is 0 Å². The number of rotatable bonds is 2. The van der Waals surface area contributed by atoms with Crippen molar-refractivity contribution in [3.05, 3.63) is 59.3 Å². The average molecular weight is 366 g/mol. The Morgan fingerprint density at radius 2 is 1.73 bits per heavy atom. The minimum absolute atomic E-state index is 0.0542. The summed E-state index contributed by atoms with van der Waals surface area (Å²) < 4.78 is 0. The van der Waals surface area contributed by atoms with Gasteiger partial charge in [-0.25, -0.2) is 9.97 Å². The molecule has 0 spiro atoms. The maximum Gasteiger partial charge on any atom is 0.242 e. The largest absolute Gasteiger partial charge is 0.273 e. The van der Waals surface area contributed by atoms with E-state index < -0.39 is 5.41 Å². The first-order chi connectivity index (χ1) is 12.4. The second-order valence-corrected chi connectivity index (χ2v) is 7.12. The van der Waals surface area contributed by atoms with Crippen LogP contribution >= 0.6 is 11.6 Å². The Hall–Kier alpha value is -2.86. The maximum absolute atomic E-state index is 13.1. The van der Waals surface area contributed by atoms with Gasteiger partial charge in [0.1, 0.15) is 5.82 Å². The smallest absolute Gasteiger partial charge is 0.242 e. The monoisotopic (exact) mass is 365 g/mol. The van der Waals surface area contributed by atoms with Crippen LogP contribution in [0.3, 0.4) is 0 Å². The fraction of sp³-hybridized carbons (Fsp3) is 0.211. The van der Waals surface area contributed by atoms with Gasteiger partial charge >= 0.3 is 0 Å². The number of carbonyl (C=O) groups is 1. The van der Waals surface area contributed by atoms with Crippen molar-refractivity contribution in [2.75, 3.05) is 4.90 Å². The average Bonchev–Trinajstić information content (AvgIpc) is 2.83. The standard InChI is InChI=1S/C19H16ClN5O/c1-11-21-9-13(10-22-11)12-4-5-14-15(8-12)25(18(26)19(14,2)3)17-7-6-16(20)23-24-17/h4-10H,1-3H3. The lowest BCUT2D eigenvalue weighted by Crippen LogP contribution is -2.33. The summed E-state index contributed by atoms with van der Waals surface area (Å²) in [6, 6.07) is 9.25. The molecule has 0 atom stereocenters. The predicted octanol–water partition coefficient (Wildman–Crippen LogP) is 3.85. The third-order valence-corrected chi connectivity index (χ3v) is 4.81. The third kappa shape index (κ3) is 2.54. The van der Waals surface area contributed by atoms with Crippen molar-refractivity contribution in [2.24, 2.45) is 0 Å². The number of amides is 1. The fourth-order valence-corrected chi connectivity index (χ4v) is 3.23. The Bertz CT molecular complexity index is 999. The second-order valence-electron chi connectivity index (χ2n) is 6.73. The molecule has 0 unspecified atom stereocenters. The van der Waals surface area contributed by atoms with Crippen LogP contribution in [0.2, 0.25) is 5.15 Å². The number of hydrogen-bond acceptors (Lipinski definition) is 5. The van der Waals surface area contributed by atoms with Crippen molar-refractivity contribution in [1.82, 2.24) is 20.2 Å². The lowest BCUT2D eigenvalue weighted by Gasteiger charge is -2.19. The zero-order valence-electron chi connectivity index (χ0n) is 14.6. The Kier molecular flexibility index (Phi) is 3.73. The van der Waals surface area contributed by atoms with Gasteiger partial charge in [-0.2, -0.15) is 0 Å². The van der Waals surface area contributed by atoms with E-state index in [0.717, 1.165) is 22.4 Å². The second kappa shape index (κ2) is 5.85. The summed E-state index contributed by atoms with van der Waals surface area (Å²) in [6.45, 7) is 5.66. The lowest BCUT2D eigenvalue weighted by atomic mass is 9.85. The minimum Gasteiger partial charge on any atom is -0.273 e. The minimum atomic E-state index is -0.654. The Morgan fingerprint density at radius 3 is 2.38 bits per heavy atom. The molecule has 0 radical (unpaired) electrons. The zero-order valence-corrected chi connectivity index (χ0v) is 15.3. The van der Waals surface area contributed by atoms with Gasteiger partial charge in [-0.05, 0) is 50.1 Å². The molecule has 0 saturated heterocycles. The zero-order chi connectivity index (χ0) is 18.5. The molecule has 1 aromatic carbocycles. The van der Waals surface area contributed by atoms with Crippen molar-refractivity contribution in [3.8, 4) is 11.1 Å². The van der Waals surface area contributed by atoms with Crippen LogP contribution in [0.15, 0.2) is 42.7 Å². The van der Waals surface area contributed by atoms with Gasteiger partial charge in [-0.1, -0.05) is 23.7 Å². The van der Waals surface area contributed by atoms with Crippen molar-refractivity contribution >= 4 is 29.0 Å². The molecule has 0 fully saturated rings. The summed E-state index contributed by atoms with van der Waals surface area (Å²) in [6.07, 6.45) is 3.55. The molecule has 130 valence electrons. The SMILES string of the molecule is Cc1ncc(-c2ccc3c(c2)N(c2ccc(Cl)nn2)C(=O)C3(C)C)cn1. The van der Waals surface area contributed by atoms with Gasteiger partial charge in [-0.3, -0.25) is 9.69 Å². The number of carbonyl (C=O) groups excluding carboxylic acids is 1. The van der Waals surface area contributed by atoms with E-state index >= 15 is 0 Å². The molecule has 0 bridgehead atoms. The molecule has 3 heterocycles. The number of halogens is 1. The van der Waals surface area contributed by atoms with E-state index in [1.807, 2.05) is 39.0 Å². The van der Waals surface area contributed by atoms with Crippen LogP contribution in [0, 0.1) is 6.92 Å². The van der Waals surface area contributed by atoms with Crippen molar-refractivity contribution < 1.29 is 4.79 Å². The number of aryl methyl sites for hydroxylation is 1. The fourth-order valence-electron chi connectivity index (χ4n) is 3.13. The van der Waals surface area contributed by atoms with Crippen molar-refractivity contribution in [1.29, 1.82) is 0 Å². The topological polar surface area (TPSA) is 71.9 Å². The normalized spacial score (nSPS) is 15.2. The number of nitrogens with zero attached hydrogens (tertiary/aromatic N) is 5.